The van der Waals surface area contributed by atoms with Crippen molar-refractivity contribution in [3.63, 3.8) is 0 Å². The summed E-state index contributed by atoms with van der Waals surface area (Å²) in [7, 11) is -4.55. The lowest BCUT2D eigenvalue weighted by Crippen LogP contribution is -2.33. The molecule has 1 unspecified atom stereocenters. The van der Waals surface area contributed by atoms with Gasteiger partial charge in [-0.25, -0.2) is 14.5 Å². The quantitative estimate of drug-likeness (QED) is 0.120. The van der Waals surface area contributed by atoms with Gasteiger partial charge < -0.3 is 35.3 Å². The summed E-state index contributed by atoms with van der Waals surface area (Å²) >= 11 is 5.12. The zero-order valence-corrected chi connectivity index (χ0v) is 19.9. The van der Waals surface area contributed by atoms with Gasteiger partial charge in [0.1, 0.15) is 35.2 Å². The minimum atomic E-state index is -4.55. The Morgan fingerprint density at radius 3 is 2.69 bits per heavy atom. The molecule has 16 heteroatoms. The number of nitrogen functional groups attached to an aromatic ring is 1. The number of benzene rings is 1. The third-order valence-corrected chi connectivity index (χ3v) is 6.27. The lowest BCUT2D eigenvalue weighted by Gasteiger charge is -2.18. The van der Waals surface area contributed by atoms with Gasteiger partial charge in [0.15, 0.2) is 16.8 Å². The molecule has 5 atom stereocenters. The number of aliphatic hydroxyl groups is 2. The number of imidazole rings is 1. The van der Waals surface area contributed by atoms with Crippen LogP contribution >= 0.6 is 20.0 Å². The highest BCUT2D eigenvalue weighted by atomic mass is 32.1. The summed E-state index contributed by atoms with van der Waals surface area (Å²) < 4.78 is 34.3. The minimum absolute atomic E-state index is 0.0246. The van der Waals surface area contributed by atoms with Crippen molar-refractivity contribution in [2.75, 3.05) is 12.3 Å². The number of phosphoric acid groups is 1. The number of nitrogens with two attached hydrogens (primary N) is 1. The Hall–Kier alpha value is -2.75. The zero-order chi connectivity index (χ0) is 25.3. The summed E-state index contributed by atoms with van der Waals surface area (Å²) in [6.07, 6.45) is -3.83. The number of hydrogen-bond acceptors (Lipinski definition) is 12. The van der Waals surface area contributed by atoms with Crippen LogP contribution in [0.3, 0.4) is 0 Å². The molecule has 4 rings (SSSR count). The number of hydrogen-bond donors (Lipinski definition) is 5. The van der Waals surface area contributed by atoms with Gasteiger partial charge in [-0.2, -0.15) is 0 Å². The maximum atomic E-state index is 12.3. The van der Waals surface area contributed by atoms with Crippen molar-refractivity contribution < 1.29 is 43.0 Å². The molecular weight excluding hydrogens is 505 g/mol. The number of aromatic nitrogens is 4. The van der Waals surface area contributed by atoms with Gasteiger partial charge in [-0.3, -0.25) is 18.4 Å². The van der Waals surface area contributed by atoms with E-state index in [-0.39, 0.29) is 17.2 Å². The van der Waals surface area contributed by atoms with E-state index in [0.29, 0.717) is 22.5 Å². The summed E-state index contributed by atoms with van der Waals surface area (Å²) in [6, 6.07) is 6.10. The van der Waals surface area contributed by atoms with Crippen molar-refractivity contribution >= 4 is 43.1 Å². The van der Waals surface area contributed by atoms with Crippen LogP contribution in [0.4, 0.5) is 5.95 Å². The predicted octanol–water partition coefficient (Wildman–Crippen LogP) is 0.949. The van der Waals surface area contributed by atoms with Crippen molar-refractivity contribution in [2.24, 2.45) is 0 Å². The molecule has 6 N–H and O–H groups in total. The highest BCUT2D eigenvalue weighted by molar-refractivity contribution is 7.71. The molecule has 3 heterocycles. The number of ether oxygens (including phenoxy) is 2. The Morgan fingerprint density at radius 1 is 1.29 bits per heavy atom. The number of esters is 1. The SMILES string of the molecule is CC(=O)Oc1ccc(COP(=O)(O)OC[C@H]2O[C@@H](n3cnc4c(=S)nc(N)[nH]c43)[C@H](O)[C@@H]2O)cc1. The lowest BCUT2D eigenvalue weighted by atomic mass is 10.1. The number of phosphoric ester groups is 1. The van der Waals surface area contributed by atoms with Crippen molar-refractivity contribution in [3.8, 4) is 5.75 Å². The first kappa shape index (κ1) is 25.3. The van der Waals surface area contributed by atoms with Gasteiger partial charge >= 0.3 is 13.8 Å². The Labute approximate surface area is 202 Å². The molecule has 0 saturated carbocycles. The molecule has 2 aromatic heterocycles. The van der Waals surface area contributed by atoms with Gasteiger partial charge in [0.2, 0.25) is 0 Å². The van der Waals surface area contributed by atoms with Crippen molar-refractivity contribution in [2.45, 2.75) is 38.1 Å². The Morgan fingerprint density at radius 2 is 2.00 bits per heavy atom. The normalized spacial score (nSPS) is 23.9. The van der Waals surface area contributed by atoms with Crippen LogP contribution in [-0.4, -0.2) is 65.5 Å². The number of rotatable bonds is 8. The standard InChI is InChI=1S/C19H22N5O9PS/c1-9(25)32-11-4-2-10(3-5-11)6-30-34(28,29)31-7-12-14(26)15(27)18(33-12)24-8-21-13-16(24)22-19(20)23-17(13)35/h2-5,8,12,14-15,18,26-27H,6-7H2,1H3,(H,28,29)(H3,20,22,23,35)/t12-,14-,15-,18-/m1/s1. The third kappa shape index (κ3) is 5.74. The fourth-order valence-corrected chi connectivity index (χ4v) is 4.39. The zero-order valence-electron chi connectivity index (χ0n) is 18.2. The fourth-order valence-electron chi connectivity index (χ4n) is 3.42. The summed E-state index contributed by atoms with van der Waals surface area (Å²) in [6.45, 7) is 0.437. The van der Waals surface area contributed by atoms with Crippen LogP contribution < -0.4 is 10.5 Å². The third-order valence-electron chi connectivity index (χ3n) is 5.06. The number of aromatic amines is 1. The van der Waals surface area contributed by atoms with E-state index in [1.807, 2.05) is 0 Å². The molecule has 0 radical (unpaired) electrons. The van der Waals surface area contributed by atoms with E-state index in [4.69, 9.17) is 36.5 Å². The second kappa shape index (κ2) is 10.1. The first-order chi connectivity index (χ1) is 16.5. The van der Waals surface area contributed by atoms with Crippen LogP contribution in [0.2, 0.25) is 0 Å². The largest absolute Gasteiger partial charge is 0.472 e. The molecule has 0 spiro atoms. The summed E-state index contributed by atoms with van der Waals surface area (Å²) in [5.74, 6) is -0.135. The van der Waals surface area contributed by atoms with Crippen LogP contribution in [-0.2, 0) is 29.8 Å². The van der Waals surface area contributed by atoms with E-state index < -0.39 is 44.9 Å². The number of nitrogens with one attached hydrogen (secondary N) is 1. The minimum Gasteiger partial charge on any atom is -0.427 e. The highest BCUT2D eigenvalue weighted by Gasteiger charge is 2.45. The van der Waals surface area contributed by atoms with Crippen LogP contribution in [0.25, 0.3) is 11.2 Å². The predicted molar refractivity (Wildman–Crippen MR) is 121 cm³/mol. The number of nitrogens with zero attached hydrogens (tertiary/aromatic N) is 3. The van der Waals surface area contributed by atoms with Gasteiger partial charge in [-0.05, 0) is 17.7 Å². The molecule has 14 nitrogen and oxygen atoms in total. The van der Waals surface area contributed by atoms with E-state index in [0.717, 1.165) is 0 Å². The highest BCUT2D eigenvalue weighted by Crippen LogP contribution is 2.45. The first-order valence-corrected chi connectivity index (χ1v) is 12.1. The molecule has 1 aromatic carbocycles. The van der Waals surface area contributed by atoms with Crippen molar-refractivity contribution in [3.05, 3.63) is 40.8 Å². The van der Waals surface area contributed by atoms with Gasteiger partial charge in [0.25, 0.3) is 0 Å². The summed E-state index contributed by atoms with van der Waals surface area (Å²) in [5, 5.41) is 20.9. The number of fused-ring (bicyclic) bond motifs is 1. The topological polar surface area (TPSA) is 204 Å². The molecule has 0 amide bonds. The van der Waals surface area contributed by atoms with Gasteiger partial charge in [-0.15, -0.1) is 0 Å². The van der Waals surface area contributed by atoms with Crippen molar-refractivity contribution in [1.82, 2.24) is 19.5 Å². The Balaban J connectivity index is 1.37. The molecule has 35 heavy (non-hydrogen) atoms. The van der Waals surface area contributed by atoms with E-state index >= 15 is 0 Å². The van der Waals surface area contributed by atoms with Crippen LogP contribution in [0.1, 0.15) is 18.7 Å². The van der Waals surface area contributed by atoms with Gasteiger partial charge in [-0.1, -0.05) is 24.4 Å². The number of carbonyl (C=O) groups excluding carboxylic acids is 1. The smallest absolute Gasteiger partial charge is 0.427 e. The van der Waals surface area contributed by atoms with Crippen LogP contribution in [0.5, 0.6) is 5.75 Å². The lowest BCUT2D eigenvalue weighted by molar-refractivity contribution is -0.131. The second-order valence-corrected chi connectivity index (χ2v) is 9.44. The first-order valence-electron chi connectivity index (χ1n) is 10.2. The molecule has 1 aliphatic rings. The van der Waals surface area contributed by atoms with Gasteiger partial charge in [0.05, 0.1) is 19.5 Å². The molecule has 0 bridgehead atoms. The molecular formula is C19H22N5O9PS. The van der Waals surface area contributed by atoms with E-state index in [2.05, 4.69) is 15.0 Å². The molecule has 188 valence electrons. The number of aliphatic hydroxyl groups excluding tert-OH is 2. The molecule has 3 aromatic rings. The van der Waals surface area contributed by atoms with Crippen LogP contribution in [0, 0.1) is 4.64 Å². The number of carbonyl (C=O) groups is 1. The Kier molecular flexibility index (Phi) is 7.30. The van der Waals surface area contributed by atoms with Gasteiger partial charge in [0, 0.05) is 6.92 Å². The van der Waals surface area contributed by atoms with Crippen molar-refractivity contribution in [1.29, 1.82) is 0 Å². The number of H-pyrrole nitrogens is 1. The molecule has 0 aliphatic carbocycles. The summed E-state index contributed by atoms with van der Waals surface area (Å²) in [5.41, 5.74) is 6.84. The molecule has 1 fully saturated rings. The summed E-state index contributed by atoms with van der Waals surface area (Å²) in [4.78, 5) is 31.8. The number of anilines is 1. The fraction of sp³-hybridized carbons (Fsp3) is 0.368. The molecule has 1 aliphatic heterocycles. The average Bonchev–Trinajstić information content (AvgIpc) is 3.33. The Bertz CT molecular complexity index is 1330. The molecule has 1 saturated heterocycles. The van der Waals surface area contributed by atoms with E-state index in [1.54, 1.807) is 12.1 Å². The monoisotopic (exact) mass is 527 g/mol. The van der Waals surface area contributed by atoms with E-state index in [1.165, 1.54) is 30.0 Å². The van der Waals surface area contributed by atoms with E-state index in [9.17, 15) is 24.5 Å². The average molecular weight is 527 g/mol. The maximum Gasteiger partial charge on any atom is 0.472 e. The van der Waals surface area contributed by atoms with Crippen LogP contribution in [0.15, 0.2) is 30.6 Å². The maximum absolute atomic E-state index is 12.3. The second-order valence-electron chi connectivity index (χ2n) is 7.60.